The first kappa shape index (κ1) is 33.4. The molecule has 1 aromatic carbocycles. The third-order valence-corrected chi connectivity index (χ3v) is 9.34. The maximum atomic E-state index is 14.4. The van der Waals surface area contributed by atoms with Crippen LogP contribution in [0, 0.1) is 11.8 Å². The second-order valence-electron chi connectivity index (χ2n) is 12.2. The van der Waals surface area contributed by atoms with Gasteiger partial charge in [-0.3, -0.25) is 19.2 Å². The molecule has 3 heterocycles. The molecule has 10 heteroatoms. The van der Waals surface area contributed by atoms with Crippen molar-refractivity contribution in [3.05, 3.63) is 61.2 Å². The van der Waals surface area contributed by atoms with Crippen molar-refractivity contribution in [2.24, 2.45) is 11.8 Å². The number of hydrogen-bond acceptors (Lipinski definition) is 7. The molecule has 0 aliphatic carbocycles. The molecule has 1 unspecified atom stereocenters. The fraction of sp³-hybridized carbons (Fsp3) is 0.588. The van der Waals surface area contributed by atoms with Crippen LogP contribution in [0.2, 0.25) is 0 Å². The van der Waals surface area contributed by atoms with Crippen LogP contribution in [0.4, 0.5) is 0 Å². The molecule has 3 fully saturated rings. The minimum Gasteiger partial charge on any atom is -0.463 e. The topological polar surface area (TPSA) is 125 Å². The minimum absolute atomic E-state index is 0.0751. The summed E-state index contributed by atoms with van der Waals surface area (Å²) in [7, 11) is 0. The van der Waals surface area contributed by atoms with Crippen LogP contribution in [-0.4, -0.2) is 88.2 Å². The number of carbonyl (C=O) groups excluding carboxylic acids is 4. The van der Waals surface area contributed by atoms with Crippen molar-refractivity contribution in [3.8, 4) is 0 Å². The van der Waals surface area contributed by atoms with Crippen LogP contribution < -0.4 is 5.32 Å². The number of nitrogens with zero attached hydrogens (tertiary/aromatic N) is 2. The van der Waals surface area contributed by atoms with Crippen LogP contribution >= 0.6 is 0 Å². The summed E-state index contributed by atoms with van der Waals surface area (Å²) in [6.07, 6.45) is 6.07. The van der Waals surface area contributed by atoms with Gasteiger partial charge in [-0.25, -0.2) is 0 Å². The Morgan fingerprint density at radius 1 is 1.23 bits per heavy atom. The van der Waals surface area contributed by atoms with Crippen molar-refractivity contribution in [2.45, 2.75) is 95.2 Å². The zero-order valence-corrected chi connectivity index (χ0v) is 26.2. The predicted molar refractivity (Wildman–Crippen MR) is 165 cm³/mol. The van der Waals surface area contributed by atoms with Gasteiger partial charge in [0.25, 0.3) is 0 Å². The van der Waals surface area contributed by atoms with Gasteiger partial charge in [-0.15, -0.1) is 13.2 Å². The molecule has 3 saturated heterocycles. The van der Waals surface area contributed by atoms with E-state index in [9.17, 15) is 24.3 Å². The molecule has 1 aromatic rings. The number of amides is 3. The number of benzene rings is 1. The first-order valence-corrected chi connectivity index (χ1v) is 15.8. The molecule has 10 nitrogen and oxygen atoms in total. The number of likely N-dealkylation sites (tertiary alicyclic amines) is 1. The highest BCUT2D eigenvalue weighted by atomic mass is 16.5. The molecule has 0 saturated carbocycles. The van der Waals surface area contributed by atoms with E-state index in [0.29, 0.717) is 25.8 Å². The van der Waals surface area contributed by atoms with E-state index < -0.39 is 53.5 Å². The first-order valence-electron chi connectivity index (χ1n) is 15.8. The standard InChI is InChI=1S/C34H47N3O7/c1-6-9-16-27(39)43-21-25(24-14-11-10-12-15-24)35-31(40)28-26-17-18-34(44-26)29(28)32(41)37(23(5)20-38)30(34)33(42)36(19-8-3)22(4)13-7-2/h6,8,10-12,14-15,22-23,25-26,28-30,38H,1,3,7,9,13,16-21H2,2,4-5H3,(H,35,40)/t22?,23-,25-,26+,28-,29-,30+,34-/m1/s1. The lowest BCUT2D eigenvalue weighted by Gasteiger charge is -2.40. The molecular formula is C34H47N3O7. The van der Waals surface area contributed by atoms with Gasteiger partial charge in [0, 0.05) is 19.0 Å². The van der Waals surface area contributed by atoms with Gasteiger partial charge in [0.05, 0.1) is 36.6 Å². The summed E-state index contributed by atoms with van der Waals surface area (Å²) in [6.45, 7) is 13.1. The third-order valence-electron chi connectivity index (χ3n) is 9.34. The number of rotatable bonds is 16. The van der Waals surface area contributed by atoms with Crippen LogP contribution in [0.3, 0.4) is 0 Å². The maximum absolute atomic E-state index is 14.4. The van der Waals surface area contributed by atoms with Gasteiger partial charge in [0.2, 0.25) is 17.7 Å². The Hall–Kier alpha value is -3.50. The number of aliphatic hydroxyl groups excluding tert-OH is 1. The molecule has 0 radical (unpaired) electrons. The molecule has 44 heavy (non-hydrogen) atoms. The number of nitrogens with one attached hydrogen (secondary N) is 1. The summed E-state index contributed by atoms with van der Waals surface area (Å²) in [5, 5.41) is 13.2. The fourth-order valence-corrected chi connectivity index (χ4v) is 7.23. The second kappa shape index (κ2) is 14.5. The smallest absolute Gasteiger partial charge is 0.306 e. The molecule has 4 rings (SSSR count). The van der Waals surface area contributed by atoms with E-state index in [-0.39, 0.29) is 37.5 Å². The Kier molecular flexibility index (Phi) is 11.0. The second-order valence-corrected chi connectivity index (χ2v) is 12.2. The van der Waals surface area contributed by atoms with Crippen molar-refractivity contribution >= 4 is 23.7 Å². The lowest BCUT2D eigenvalue weighted by Crippen LogP contribution is -2.59. The van der Waals surface area contributed by atoms with E-state index in [1.54, 1.807) is 24.0 Å². The van der Waals surface area contributed by atoms with Gasteiger partial charge < -0.3 is 29.7 Å². The van der Waals surface area contributed by atoms with Crippen LogP contribution in [0.25, 0.3) is 0 Å². The zero-order chi connectivity index (χ0) is 32.0. The number of aliphatic hydroxyl groups is 1. The number of esters is 1. The first-order chi connectivity index (χ1) is 21.1. The summed E-state index contributed by atoms with van der Waals surface area (Å²) < 4.78 is 12.1. The average molecular weight is 610 g/mol. The van der Waals surface area contributed by atoms with Crippen LogP contribution in [0.5, 0.6) is 0 Å². The van der Waals surface area contributed by atoms with E-state index >= 15 is 0 Å². The molecule has 3 aliphatic heterocycles. The van der Waals surface area contributed by atoms with E-state index in [2.05, 4.69) is 25.4 Å². The summed E-state index contributed by atoms with van der Waals surface area (Å²) in [4.78, 5) is 58.2. The molecule has 0 aromatic heterocycles. The average Bonchev–Trinajstić information content (AvgIpc) is 3.67. The van der Waals surface area contributed by atoms with Gasteiger partial charge in [-0.2, -0.15) is 0 Å². The largest absolute Gasteiger partial charge is 0.463 e. The van der Waals surface area contributed by atoms with Crippen LogP contribution in [-0.2, 0) is 28.7 Å². The normalized spacial score (nSPS) is 27.3. The number of hydrogen-bond donors (Lipinski definition) is 2. The van der Waals surface area contributed by atoms with Gasteiger partial charge >= 0.3 is 5.97 Å². The van der Waals surface area contributed by atoms with Crippen molar-refractivity contribution in [2.75, 3.05) is 19.8 Å². The molecule has 3 aliphatic rings. The predicted octanol–water partition coefficient (Wildman–Crippen LogP) is 3.31. The van der Waals surface area contributed by atoms with Crippen LogP contribution in [0.1, 0.15) is 70.9 Å². The molecule has 8 atom stereocenters. The number of allylic oxidation sites excluding steroid dienone is 1. The number of ether oxygens (including phenoxy) is 2. The molecule has 240 valence electrons. The highest BCUT2D eigenvalue weighted by molar-refractivity contribution is 5.99. The van der Waals surface area contributed by atoms with E-state index in [1.807, 2.05) is 37.3 Å². The highest BCUT2D eigenvalue weighted by Gasteiger charge is 2.75. The molecule has 3 amide bonds. The molecule has 2 N–H and O–H groups in total. The lowest BCUT2D eigenvalue weighted by molar-refractivity contribution is -0.152. The maximum Gasteiger partial charge on any atom is 0.306 e. The Morgan fingerprint density at radius 2 is 1.95 bits per heavy atom. The third kappa shape index (κ3) is 6.33. The SMILES string of the molecule is C=CCCC(=O)OC[C@@H](NC(=O)[C@@H]1[C@@H]2CC[C@]3(O2)[C@H](C(=O)N(CC=C)C(C)CCC)N([C@H](C)CO)C(=O)[C@@H]13)c1ccccc1. The Labute approximate surface area is 260 Å². The lowest BCUT2D eigenvalue weighted by atomic mass is 9.70. The monoisotopic (exact) mass is 609 g/mol. The summed E-state index contributed by atoms with van der Waals surface area (Å²) in [5.74, 6) is -3.13. The number of fused-ring (bicyclic) bond motifs is 1. The Bertz CT molecular complexity index is 1220. The van der Waals surface area contributed by atoms with Crippen molar-refractivity contribution in [1.82, 2.24) is 15.1 Å². The van der Waals surface area contributed by atoms with Gasteiger partial charge in [0.15, 0.2) is 0 Å². The quantitative estimate of drug-likeness (QED) is 0.218. The fourth-order valence-electron chi connectivity index (χ4n) is 7.23. The van der Waals surface area contributed by atoms with Crippen molar-refractivity contribution < 1.29 is 33.8 Å². The summed E-state index contributed by atoms with van der Waals surface area (Å²) >= 11 is 0. The van der Waals surface area contributed by atoms with Crippen molar-refractivity contribution in [1.29, 1.82) is 0 Å². The zero-order valence-electron chi connectivity index (χ0n) is 26.2. The molecule has 2 bridgehead atoms. The molecule has 1 spiro atoms. The van der Waals surface area contributed by atoms with Gasteiger partial charge in [-0.1, -0.05) is 55.8 Å². The summed E-state index contributed by atoms with van der Waals surface area (Å²) in [6, 6.07) is 6.84. The summed E-state index contributed by atoms with van der Waals surface area (Å²) in [5.41, 5.74) is -0.433. The Morgan fingerprint density at radius 3 is 2.59 bits per heavy atom. The van der Waals surface area contributed by atoms with Gasteiger partial charge in [-0.05, 0) is 45.1 Å². The minimum atomic E-state index is -1.19. The van der Waals surface area contributed by atoms with Crippen molar-refractivity contribution in [3.63, 3.8) is 0 Å². The Balaban J connectivity index is 1.64. The van der Waals surface area contributed by atoms with E-state index in [0.717, 1.165) is 18.4 Å². The van der Waals surface area contributed by atoms with Gasteiger partial charge in [0.1, 0.15) is 18.2 Å². The number of carbonyl (C=O) groups is 4. The van der Waals surface area contributed by atoms with E-state index in [1.165, 1.54) is 4.90 Å². The highest BCUT2D eigenvalue weighted by Crippen LogP contribution is 2.59. The molecular weight excluding hydrogens is 562 g/mol. The van der Waals surface area contributed by atoms with Crippen LogP contribution in [0.15, 0.2) is 55.6 Å². The van der Waals surface area contributed by atoms with E-state index in [4.69, 9.17) is 9.47 Å².